The van der Waals surface area contributed by atoms with Gasteiger partial charge in [-0.25, -0.2) is 9.97 Å². The number of anilines is 3. The minimum Gasteiger partial charge on any atom is -0.311 e. The summed E-state index contributed by atoms with van der Waals surface area (Å²) in [7, 11) is 0. The SMILES string of the molecule is c1ccc(-c2nc3c(-c4ccccc4)ccc(-c4ccc5ccccc5c4)c3nc2-c2ccc(N(c3ccccc3)c3ccccc3)cc2)cc1. The van der Waals surface area contributed by atoms with Gasteiger partial charge in [-0.2, -0.15) is 0 Å². The van der Waals surface area contributed by atoms with Gasteiger partial charge in [-0.05, 0) is 64.4 Å². The zero-order valence-electron chi connectivity index (χ0n) is 27.9. The highest BCUT2D eigenvalue weighted by atomic mass is 15.1. The molecule has 0 radical (unpaired) electrons. The molecule has 0 aliphatic carbocycles. The van der Waals surface area contributed by atoms with Crippen molar-refractivity contribution in [2.75, 3.05) is 4.90 Å². The summed E-state index contributed by atoms with van der Waals surface area (Å²) in [5.74, 6) is 0. The van der Waals surface area contributed by atoms with Gasteiger partial charge in [0.1, 0.15) is 0 Å². The molecule has 51 heavy (non-hydrogen) atoms. The largest absolute Gasteiger partial charge is 0.311 e. The first-order valence-corrected chi connectivity index (χ1v) is 17.3. The summed E-state index contributed by atoms with van der Waals surface area (Å²) in [5, 5.41) is 2.41. The van der Waals surface area contributed by atoms with Crippen LogP contribution in [0.4, 0.5) is 17.1 Å². The lowest BCUT2D eigenvalue weighted by molar-refractivity contribution is 1.27. The highest BCUT2D eigenvalue weighted by molar-refractivity contribution is 6.04. The van der Waals surface area contributed by atoms with Crippen LogP contribution in [0.3, 0.4) is 0 Å². The van der Waals surface area contributed by atoms with Crippen molar-refractivity contribution in [3.05, 3.63) is 200 Å². The predicted octanol–water partition coefficient (Wildman–Crippen LogP) is 12.9. The molecule has 0 N–H and O–H groups in total. The van der Waals surface area contributed by atoms with E-state index in [0.717, 1.165) is 72.9 Å². The van der Waals surface area contributed by atoms with Gasteiger partial charge in [0.15, 0.2) is 0 Å². The third-order valence-corrected chi connectivity index (χ3v) is 9.44. The molecule has 9 aromatic rings. The van der Waals surface area contributed by atoms with E-state index in [1.165, 1.54) is 10.8 Å². The maximum Gasteiger partial charge on any atom is 0.0979 e. The van der Waals surface area contributed by atoms with Crippen molar-refractivity contribution in [2.45, 2.75) is 0 Å². The summed E-state index contributed by atoms with van der Waals surface area (Å²) in [6.07, 6.45) is 0. The molecular weight excluding hydrogens is 619 g/mol. The van der Waals surface area contributed by atoms with E-state index >= 15 is 0 Å². The predicted molar refractivity (Wildman–Crippen MR) is 213 cm³/mol. The summed E-state index contributed by atoms with van der Waals surface area (Å²) in [6, 6.07) is 70.1. The van der Waals surface area contributed by atoms with Gasteiger partial charge in [-0.3, -0.25) is 0 Å². The molecule has 0 unspecified atom stereocenters. The highest BCUT2D eigenvalue weighted by Gasteiger charge is 2.20. The second-order valence-electron chi connectivity index (χ2n) is 12.6. The molecule has 240 valence electrons. The second-order valence-corrected chi connectivity index (χ2v) is 12.6. The average Bonchev–Trinajstić information content (AvgIpc) is 3.21. The smallest absolute Gasteiger partial charge is 0.0979 e. The first-order valence-electron chi connectivity index (χ1n) is 17.3. The number of hydrogen-bond donors (Lipinski definition) is 0. The lowest BCUT2D eigenvalue weighted by Gasteiger charge is -2.25. The molecule has 0 amide bonds. The van der Waals surface area contributed by atoms with Crippen molar-refractivity contribution in [1.82, 2.24) is 9.97 Å². The maximum absolute atomic E-state index is 5.58. The Labute approximate surface area is 297 Å². The van der Waals surface area contributed by atoms with E-state index in [9.17, 15) is 0 Å². The van der Waals surface area contributed by atoms with E-state index in [1.54, 1.807) is 0 Å². The molecule has 0 bridgehead atoms. The van der Waals surface area contributed by atoms with Crippen molar-refractivity contribution in [3.8, 4) is 44.8 Å². The van der Waals surface area contributed by atoms with Gasteiger partial charge in [0, 0.05) is 39.3 Å². The molecule has 1 heterocycles. The van der Waals surface area contributed by atoms with E-state index in [4.69, 9.17) is 9.97 Å². The van der Waals surface area contributed by atoms with Crippen molar-refractivity contribution in [1.29, 1.82) is 0 Å². The molecule has 0 aliphatic heterocycles. The van der Waals surface area contributed by atoms with E-state index in [0.29, 0.717) is 0 Å². The molecule has 1 aromatic heterocycles. The fraction of sp³-hybridized carbons (Fsp3) is 0. The normalized spacial score (nSPS) is 11.1. The Balaban J connectivity index is 1.27. The van der Waals surface area contributed by atoms with Crippen molar-refractivity contribution >= 4 is 38.9 Å². The Morgan fingerprint density at radius 2 is 0.706 bits per heavy atom. The number of rotatable bonds is 7. The van der Waals surface area contributed by atoms with Crippen molar-refractivity contribution in [2.24, 2.45) is 0 Å². The quantitative estimate of drug-likeness (QED) is 0.172. The molecule has 0 aliphatic rings. The Bertz CT molecular complexity index is 2560. The maximum atomic E-state index is 5.58. The summed E-state index contributed by atoms with van der Waals surface area (Å²) in [5.41, 5.74) is 13.1. The third kappa shape index (κ3) is 5.81. The van der Waals surface area contributed by atoms with Crippen LogP contribution in [0.15, 0.2) is 200 Å². The average molecular weight is 652 g/mol. The molecule has 0 saturated heterocycles. The molecular formula is C48H33N3. The number of fused-ring (bicyclic) bond motifs is 2. The third-order valence-electron chi connectivity index (χ3n) is 9.44. The second kappa shape index (κ2) is 13.2. The molecule has 0 atom stereocenters. The van der Waals surface area contributed by atoms with Crippen LogP contribution in [-0.4, -0.2) is 9.97 Å². The Morgan fingerprint density at radius 3 is 1.27 bits per heavy atom. The Morgan fingerprint density at radius 1 is 0.294 bits per heavy atom. The Hall–Kier alpha value is -6.84. The minimum absolute atomic E-state index is 0.846. The van der Waals surface area contributed by atoms with Gasteiger partial charge < -0.3 is 4.90 Å². The van der Waals surface area contributed by atoms with Crippen LogP contribution in [0.2, 0.25) is 0 Å². The fourth-order valence-corrected chi connectivity index (χ4v) is 6.94. The van der Waals surface area contributed by atoms with Crippen LogP contribution in [0.25, 0.3) is 66.6 Å². The molecule has 3 nitrogen and oxygen atoms in total. The van der Waals surface area contributed by atoms with Gasteiger partial charge in [0.05, 0.1) is 22.4 Å². The zero-order valence-corrected chi connectivity index (χ0v) is 27.9. The van der Waals surface area contributed by atoms with Gasteiger partial charge in [0.2, 0.25) is 0 Å². The topological polar surface area (TPSA) is 29.0 Å². The van der Waals surface area contributed by atoms with Crippen molar-refractivity contribution in [3.63, 3.8) is 0 Å². The van der Waals surface area contributed by atoms with Crippen LogP contribution in [0, 0.1) is 0 Å². The molecule has 0 fully saturated rings. The summed E-state index contributed by atoms with van der Waals surface area (Å²) in [4.78, 5) is 13.4. The summed E-state index contributed by atoms with van der Waals surface area (Å²) < 4.78 is 0. The highest BCUT2D eigenvalue weighted by Crippen LogP contribution is 2.41. The number of para-hydroxylation sites is 2. The van der Waals surface area contributed by atoms with Crippen molar-refractivity contribution < 1.29 is 0 Å². The summed E-state index contributed by atoms with van der Waals surface area (Å²) >= 11 is 0. The van der Waals surface area contributed by atoms with E-state index in [1.807, 2.05) is 6.07 Å². The number of aromatic nitrogens is 2. The van der Waals surface area contributed by atoms with E-state index < -0.39 is 0 Å². The molecule has 8 aromatic carbocycles. The molecule has 3 heteroatoms. The van der Waals surface area contributed by atoms with Gasteiger partial charge in [-0.15, -0.1) is 0 Å². The van der Waals surface area contributed by atoms with Gasteiger partial charge in [-0.1, -0.05) is 158 Å². The van der Waals surface area contributed by atoms with Crippen LogP contribution in [0.1, 0.15) is 0 Å². The lowest BCUT2D eigenvalue weighted by Crippen LogP contribution is -2.09. The van der Waals surface area contributed by atoms with Crippen LogP contribution < -0.4 is 4.90 Å². The standard InChI is InChI=1S/C48H33N3/c1-5-16-35(17-6-1)43-31-32-44(39-26-25-34-15-13-14-20-38(34)33-39)48-47(43)49-45(36-18-7-2-8-19-36)46(50-48)37-27-29-42(30-28-37)51(40-21-9-3-10-22-40)41-23-11-4-12-24-41/h1-33H. The fourth-order valence-electron chi connectivity index (χ4n) is 6.94. The van der Waals surface area contributed by atoms with Crippen LogP contribution >= 0.6 is 0 Å². The minimum atomic E-state index is 0.846. The number of benzene rings is 8. The zero-order chi connectivity index (χ0) is 34.0. The van der Waals surface area contributed by atoms with E-state index in [-0.39, 0.29) is 0 Å². The first-order chi connectivity index (χ1) is 25.3. The summed E-state index contributed by atoms with van der Waals surface area (Å²) in [6.45, 7) is 0. The van der Waals surface area contributed by atoms with Gasteiger partial charge in [0.25, 0.3) is 0 Å². The molecule has 0 spiro atoms. The molecule has 9 rings (SSSR count). The first kappa shape index (κ1) is 30.2. The van der Waals surface area contributed by atoms with E-state index in [2.05, 4.69) is 199 Å². The number of hydrogen-bond acceptors (Lipinski definition) is 3. The van der Waals surface area contributed by atoms with Crippen LogP contribution in [0.5, 0.6) is 0 Å². The monoisotopic (exact) mass is 651 g/mol. The molecule has 0 saturated carbocycles. The number of nitrogens with zero attached hydrogens (tertiary/aromatic N) is 3. The van der Waals surface area contributed by atoms with Crippen LogP contribution in [-0.2, 0) is 0 Å². The lowest BCUT2D eigenvalue weighted by atomic mass is 9.95. The Kier molecular flexibility index (Phi) is 7.84. The van der Waals surface area contributed by atoms with Gasteiger partial charge >= 0.3 is 0 Å².